The second kappa shape index (κ2) is 9.15. The van der Waals surface area contributed by atoms with Crippen molar-refractivity contribution in [3.63, 3.8) is 0 Å². The molecule has 0 atom stereocenters. The molecular formula is C22H20BrN3O2S. The summed E-state index contributed by atoms with van der Waals surface area (Å²) in [4.78, 5) is 24.5. The first-order valence-corrected chi connectivity index (χ1v) is 10.3. The van der Waals surface area contributed by atoms with Crippen LogP contribution in [0.1, 0.15) is 24.2 Å². The Balaban J connectivity index is 1.66. The summed E-state index contributed by atoms with van der Waals surface area (Å²) in [6, 6.07) is 18.4. The Hall–Kier alpha value is -2.77. The fraction of sp³-hybridized carbons (Fsp3) is 0.136. The van der Waals surface area contributed by atoms with E-state index in [-0.39, 0.29) is 22.8 Å². The standard InChI is InChI=1S/C22H20BrN3O2S/c1-13(2)20(27)24-14-9-11-15(12-10-14)25-22(29)26-21(28)18-7-3-6-17-16(18)5-4-8-19(17)23/h3-13H,1-2H3,(H,24,27)(H2,25,26,28,29). The van der Waals surface area contributed by atoms with Gasteiger partial charge in [-0.2, -0.15) is 0 Å². The van der Waals surface area contributed by atoms with Gasteiger partial charge in [0.2, 0.25) is 5.91 Å². The van der Waals surface area contributed by atoms with Crippen molar-refractivity contribution in [2.24, 2.45) is 5.92 Å². The van der Waals surface area contributed by atoms with Gasteiger partial charge in [0.25, 0.3) is 5.91 Å². The Kier molecular flexibility index (Phi) is 6.61. The molecule has 3 aromatic carbocycles. The van der Waals surface area contributed by atoms with Gasteiger partial charge in [0.05, 0.1) is 0 Å². The van der Waals surface area contributed by atoms with Crippen LogP contribution in [0, 0.1) is 5.92 Å². The monoisotopic (exact) mass is 469 g/mol. The molecule has 0 aromatic heterocycles. The lowest BCUT2D eigenvalue weighted by molar-refractivity contribution is -0.118. The number of hydrogen-bond acceptors (Lipinski definition) is 3. The van der Waals surface area contributed by atoms with Crippen molar-refractivity contribution in [3.8, 4) is 0 Å². The molecule has 0 saturated heterocycles. The summed E-state index contributed by atoms with van der Waals surface area (Å²) in [5, 5.41) is 10.5. The van der Waals surface area contributed by atoms with Gasteiger partial charge >= 0.3 is 0 Å². The highest BCUT2D eigenvalue weighted by Gasteiger charge is 2.13. The molecule has 0 fully saturated rings. The topological polar surface area (TPSA) is 70.2 Å². The number of anilines is 2. The Labute approximate surface area is 183 Å². The third kappa shape index (κ3) is 5.19. The molecule has 0 spiro atoms. The van der Waals surface area contributed by atoms with E-state index in [2.05, 4.69) is 31.9 Å². The highest BCUT2D eigenvalue weighted by Crippen LogP contribution is 2.26. The number of rotatable bonds is 4. The number of nitrogens with one attached hydrogen (secondary N) is 3. The molecule has 0 bridgehead atoms. The number of benzene rings is 3. The molecular weight excluding hydrogens is 450 g/mol. The molecule has 7 heteroatoms. The van der Waals surface area contributed by atoms with E-state index in [1.807, 2.05) is 44.2 Å². The summed E-state index contributed by atoms with van der Waals surface area (Å²) >= 11 is 8.78. The Morgan fingerprint density at radius 1 is 0.862 bits per heavy atom. The van der Waals surface area contributed by atoms with Gasteiger partial charge in [0.15, 0.2) is 5.11 Å². The van der Waals surface area contributed by atoms with Crippen LogP contribution in [0.2, 0.25) is 0 Å². The number of thiocarbonyl (C=S) groups is 1. The van der Waals surface area contributed by atoms with Crippen LogP contribution in [-0.2, 0) is 4.79 Å². The van der Waals surface area contributed by atoms with Gasteiger partial charge in [-0.3, -0.25) is 14.9 Å². The molecule has 3 rings (SSSR count). The van der Waals surface area contributed by atoms with E-state index in [4.69, 9.17) is 12.2 Å². The maximum atomic E-state index is 12.7. The quantitative estimate of drug-likeness (QED) is 0.452. The first-order chi connectivity index (χ1) is 13.8. The van der Waals surface area contributed by atoms with Gasteiger partial charge in [0, 0.05) is 27.3 Å². The Morgan fingerprint density at radius 2 is 1.45 bits per heavy atom. The minimum atomic E-state index is -0.285. The van der Waals surface area contributed by atoms with Gasteiger partial charge in [0.1, 0.15) is 0 Å². The average molecular weight is 470 g/mol. The third-order valence-corrected chi connectivity index (χ3v) is 5.17. The number of fused-ring (bicyclic) bond motifs is 1. The molecule has 29 heavy (non-hydrogen) atoms. The maximum Gasteiger partial charge on any atom is 0.258 e. The number of carbonyl (C=O) groups is 2. The van der Waals surface area contributed by atoms with Crippen LogP contribution in [0.3, 0.4) is 0 Å². The van der Waals surface area contributed by atoms with Crippen LogP contribution in [0.5, 0.6) is 0 Å². The molecule has 0 radical (unpaired) electrons. The lowest BCUT2D eigenvalue weighted by Gasteiger charge is -2.12. The van der Waals surface area contributed by atoms with E-state index in [1.54, 1.807) is 30.3 Å². The van der Waals surface area contributed by atoms with Crippen molar-refractivity contribution in [1.29, 1.82) is 0 Å². The fourth-order valence-corrected chi connectivity index (χ4v) is 3.43. The van der Waals surface area contributed by atoms with Crippen molar-refractivity contribution in [1.82, 2.24) is 5.32 Å². The van der Waals surface area contributed by atoms with E-state index in [1.165, 1.54) is 0 Å². The molecule has 148 valence electrons. The zero-order chi connectivity index (χ0) is 21.0. The summed E-state index contributed by atoms with van der Waals surface area (Å²) < 4.78 is 0.926. The first kappa shape index (κ1) is 21.0. The van der Waals surface area contributed by atoms with Gasteiger partial charge in [-0.1, -0.05) is 54.0 Å². The summed E-state index contributed by atoms with van der Waals surface area (Å²) in [7, 11) is 0. The molecule has 5 nitrogen and oxygen atoms in total. The van der Waals surface area contributed by atoms with E-state index in [0.29, 0.717) is 16.9 Å². The van der Waals surface area contributed by atoms with Crippen molar-refractivity contribution in [3.05, 3.63) is 70.7 Å². The molecule has 0 saturated carbocycles. The summed E-state index contributed by atoms with van der Waals surface area (Å²) in [6.45, 7) is 3.67. The highest BCUT2D eigenvalue weighted by molar-refractivity contribution is 9.10. The number of halogens is 1. The summed E-state index contributed by atoms with van der Waals surface area (Å²) in [6.07, 6.45) is 0. The van der Waals surface area contributed by atoms with Crippen LogP contribution < -0.4 is 16.0 Å². The van der Waals surface area contributed by atoms with Crippen molar-refractivity contribution in [2.75, 3.05) is 10.6 Å². The zero-order valence-corrected chi connectivity index (χ0v) is 18.4. The number of amides is 2. The molecule has 2 amide bonds. The van der Waals surface area contributed by atoms with Crippen LogP contribution >= 0.6 is 28.1 Å². The zero-order valence-electron chi connectivity index (χ0n) is 16.0. The lowest BCUT2D eigenvalue weighted by atomic mass is 10.0. The van der Waals surface area contributed by atoms with E-state index in [9.17, 15) is 9.59 Å². The van der Waals surface area contributed by atoms with Crippen LogP contribution in [0.15, 0.2) is 65.1 Å². The van der Waals surface area contributed by atoms with E-state index < -0.39 is 0 Å². The Bertz CT molecular complexity index is 1080. The highest BCUT2D eigenvalue weighted by atomic mass is 79.9. The smallest absolute Gasteiger partial charge is 0.258 e. The maximum absolute atomic E-state index is 12.7. The largest absolute Gasteiger partial charge is 0.332 e. The third-order valence-electron chi connectivity index (χ3n) is 4.28. The molecule has 3 N–H and O–H groups in total. The second-order valence-electron chi connectivity index (χ2n) is 6.77. The predicted molar refractivity (Wildman–Crippen MR) is 125 cm³/mol. The SMILES string of the molecule is CC(C)C(=O)Nc1ccc(NC(=S)NC(=O)c2cccc3c(Br)cccc23)cc1. The fourth-order valence-electron chi connectivity index (χ4n) is 2.73. The van der Waals surface area contributed by atoms with Crippen LogP contribution in [-0.4, -0.2) is 16.9 Å². The summed E-state index contributed by atoms with van der Waals surface area (Å²) in [5.74, 6) is -0.424. The number of hydrogen-bond donors (Lipinski definition) is 3. The van der Waals surface area contributed by atoms with Crippen LogP contribution in [0.25, 0.3) is 10.8 Å². The molecule has 0 unspecified atom stereocenters. The van der Waals surface area contributed by atoms with Crippen molar-refractivity contribution >= 4 is 67.2 Å². The lowest BCUT2D eigenvalue weighted by Crippen LogP contribution is -2.34. The normalized spacial score (nSPS) is 10.6. The van der Waals surface area contributed by atoms with Crippen molar-refractivity contribution in [2.45, 2.75) is 13.8 Å². The molecule has 0 heterocycles. The minimum absolute atomic E-state index is 0.0461. The van der Waals surface area contributed by atoms with Crippen molar-refractivity contribution < 1.29 is 9.59 Å². The summed E-state index contributed by atoms with van der Waals surface area (Å²) in [5.41, 5.74) is 1.95. The van der Waals surface area contributed by atoms with Crippen LogP contribution in [0.4, 0.5) is 11.4 Å². The van der Waals surface area contributed by atoms with Gasteiger partial charge in [-0.15, -0.1) is 0 Å². The number of carbonyl (C=O) groups excluding carboxylic acids is 2. The molecule has 0 aliphatic heterocycles. The average Bonchev–Trinajstić information content (AvgIpc) is 2.69. The first-order valence-electron chi connectivity index (χ1n) is 9.05. The molecule has 0 aliphatic rings. The molecule has 0 aliphatic carbocycles. The predicted octanol–water partition coefficient (Wildman–Crippen LogP) is 5.32. The van der Waals surface area contributed by atoms with Gasteiger partial charge in [-0.05, 0) is 59.4 Å². The van der Waals surface area contributed by atoms with E-state index in [0.717, 1.165) is 15.2 Å². The second-order valence-corrected chi connectivity index (χ2v) is 8.03. The van der Waals surface area contributed by atoms with E-state index >= 15 is 0 Å². The Morgan fingerprint density at radius 3 is 2.10 bits per heavy atom. The van der Waals surface area contributed by atoms with Gasteiger partial charge in [-0.25, -0.2) is 0 Å². The minimum Gasteiger partial charge on any atom is -0.332 e. The van der Waals surface area contributed by atoms with Gasteiger partial charge < -0.3 is 10.6 Å². The molecule has 3 aromatic rings.